The van der Waals surface area contributed by atoms with Crippen molar-refractivity contribution in [1.82, 2.24) is 10.3 Å². The fourth-order valence-corrected chi connectivity index (χ4v) is 2.72. The van der Waals surface area contributed by atoms with E-state index in [4.69, 9.17) is 9.47 Å². The number of benzene rings is 1. The highest BCUT2D eigenvalue weighted by Gasteiger charge is 2.26. The Bertz CT molecular complexity index is 582. The Labute approximate surface area is 125 Å². The van der Waals surface area contributed by atoms with Gasteiger partial charge in [0.1, 0.15) is 6.10 Å². The van der Waals surface area contributed by atoms with Gasteiger partial charge in [0.25, 0.3) is 0 Å². The van der Waals surface area contributed by atoms with Gasteiger partial charge in [-0.3, -0.25) is 4.98 Å². The molecule has 0 spiro atoms. The molecule has 1 aliphatic rings. The number of para-hydroxylation sites is 1. The van der Waals surface area contributed by atoms with E-state index in [9.17, 15) is 0 Å². The summed E-state index contributed by atoms with van der Waals surface area (Å²) in [5.74, 6) is 0. The maximum atomic E-state index is 5.89. The first-order chi connectivity index (χ1) is 10.4. The van der Waals surface area contributed by atoms with Crippen molar-refractivity contribution in [2.45, 2.75) is 25.5 Å². The summed E-state index contributed by atoms with van der Waals surface area (Å²) >= 11 is 0. The molecule has 2 atom stereocenters. The molecular formula is C17H22N2O2. The molecule has 0 bridgehead atoms. The van der Waals surface area contributed by atoms with Crippen LogP contribution >= 0.6 is 0 Å². The minimum absolute atomic E-state index is 0.0493. The highest BCUT2D eigenvalue weighted by molar-refractivity contribution is 5.78. The van der Waals surface area contributed by atoms with E-state index in [0.29, 0.717) is 19.8 Å². The summed E-state index contributed by atoms with van der Waals surface area (Å²) in [5.41, 5.74) is 2.19. The molecule has 1 aliphatic heterocycles. The predicted octanol–water partition coefficient (Wildman–Crippen LogP) is 2.69. The summed E-state index contributed by atoms with van der Waals surface area (Å²) in [6.45, 7) is 5.11. The van der Waals surface area contributed by atoms with Crippen molar-refractivity contribution >= 4 is 10.9 Å². The van der Waals surface area contributed by atoms with Gasteiger partial charge in [0.05, 0.1) is 31.4 Å². The second-order valence-corrected chi connectivity index (χ2v) is 5.38. The molecule has 1 N–H and O–H groups in total. The van der Waals surface area contributed by atoms with E-state index in [0.717, 1.165) is 29.4 Å². The Hall–Kier alpha value is -1.49. The predicted molar refractivity (Wildman–Crippen MR) is 83.3 cm³/mol. The average Bonchev–Trinajstić information content (AvgIpc) is 2.56. The fraction of sp³-hybridized carbons (Fsp3) is 0.471. The molecule has 1 fully saturated rings. The van der Waals surface area contributed by atoms with Crippen LogP contribution in [0.2, 0.25) is 0 Å². The normalized spacial score (nSPS) is 20.5. The molecule has 1 saturated heterocycles. The van der Waals surface area contributed by atoms with E-state index in [2.05, 4.69) is 29.4 Å². The first-order valence-corrected chi connectivity index (χ1v) is 7.66. The molecular weight excluding hydrogens is 264 g/mol. The average molecular weight is 286 g/mol. The first-order valence-electron chi connectivity index (χ1n) is 7.66. The summed E-state index contributed by atoms with van der Waals surface area (Å²) in [7, 11) is 0. The minimum atomic E-state index is 0.0493. The Morgan fingerprint density at radius 2 is 2.24 bits per heavy atom. The summed E-state index contributed by atoms with van der Waals surface area (Å²) in [6, 6.07) is 10.5. The molecule has 4 heteroatoms. The van der Waals surface area contributed by atoms with Gasteiger partial charge in [0.2, 0.25) is 0 Å². The lowest BCUT2D eigenvalue weighted by atomic mass is 10.0. The van der Waals surface area contributed by atoms with E-state index in [-0.39, 0.29) is 12.1 Å². The maximum absolute atomic E-state index is 5.89. The third-order valence-corrected chi connectivity index (χ3v) is 3.80. The van der Waals surface area contributed by atoms with Crippen LogP contribution in [0.25, 0.3) is 10.9 Å². The molecule has 2 unspecified atom stereocenters. The van der Waals surface area contributed by atoms with E-state index in [1.807, 2.05) is 24.4 Å². The van der Waals surface area contributed by atoms with Crippen LogP contribution in [0.4, 0.5) is 0 Å². The topological polar surface area (TPSA) is 43.4 Å². The zero-order valence-electron chi connectivity index (χ0n) is 12.4. The summed E-state index contributed by atoms with van der Waals surface area (Å²) in [5, 5.41) is 4.74. The molecule has 1 aromatic carbocycles. The van der Waals surface area contributed by atoms with Gasteiger partial charge in [0.15, 0.2) is 0 Å². The lowest BCUT2D eigenvalue weighted by Crippen LogP contribution is -2.40. The molecule has 112 valence electrons. The third-order valence-electron chi connectivity index (χ3n) is 3.80. The van der Waals surface area contributed by atoms with Crippen LogP contribution < -0.4 is 5.32 Å². The van der Waals surface area contributed by atoms with Crippen molar-refractivity contribution in [2.24, 2.45) is 0 Å². The third kappa shape index (κ3) is 3.40. The van der Waals surface area contributed by atoms with E-state index < -0.39 is 0 Å². The summed E-state index contributed by atoms with van der Waals surface area (Å²) in [4.78, 5) is 4.57. The lowest BCUT2D eigenvalue weighted by Gasteiger charge is -2.31. The number of ether oxygens (including phenoxy) is 2. The monoisotopic (exact) mass is 286 g/mol. The fourth-order valence-electron chi connectivity index (χ4n) is 2.72. The van der Waals surface area contributed by atoms with Crippen molar-refractivity contribution in [3.05, 3.63) is 42.1 Å². The molecule has 0 radical (unpaired) electrons. The van der Waals surface area contributed by atoms with E-state index in [1.54, 1.807) is 0 Å². The van der Waals surface area contributed by atoms with Gasteiger partial charge in [-0.25, -0.2) is 0 Å². The van der Waals surface area contributed by atoms with Crippen LogP contribution in [-0.4, -0.2) is 37.5 Å². The molecule has 2 aromatic rings. The number of aromatic nitrogens is 1. The summed E-state index contributed by atoms with van der Waals surface area (Å²) in [6.07, 6.45) is 3.09. The second kappa shape index (κ2) is 6.98. The lowest BCUT2D eigenvalue weighted by molar-refractivity contribution is -0.102. The van der Waals surface area contributed by atoms with Crippen LogP contribution in [0.1, 0.15) is 24.9 Å². The molecule has 2 heterocycles. The Morgan fingerprint density at radius 3 is 3.05 bits per heavy atom. The summed E-state index contributed by atoms with van der Waals surface area (Å²) < 4.78 is 11.5. The van der Waals surface area contributed by atoms with Gasteiger partial charge < -0.3 is 14.8 Å². The Balaban J connectivity index is 1.88. The molecule has 0 aliphatic carbocycles. The van der Waals surface area contributed by atoms with Gasteiger partial charge in [0, 0.05) is 11.6 Å². The highest BCUT2D eigenvalue weighted by atomic mass is 16.6. The van der Waals surface area contributed by atoms with Gasteiger partial charge in [-0.1, -0.05) is 25.1 Å². The number of nitrogens with zero attached hydrogens (tertiary/aromatic N) is 1. The van der Waals surface area contributed by atoms with Gasteiger partial charge in [-0.15, -0.1) is 0 Å². The zero-order chi connectivity index (χ0) is 14.5. The quantitative estimate of drug-likeness (QED) is 0.918. The van der Waals surface area contributed by atoms with Crippen molar-refractivity contribution < 1.29 is 9.47 Å². The number of hydrogen-bond donors (Lipinski definition) is 1. The van der Waals surface area contributed by atoms with Crippen LogP contribution in [-0.2, 0) is 9.47 Å². The van der Waals surface area contributed by atoms with Crippen molar-refractivity contribution in [1.29, 1.82) is 0 Å². The number of rotatable bonds is 5. The molecule has 4 nitrogen and oxygen atoms in total. The Morgan fingerprint density at radius 1 is 1.33 bits per heavy atom. The smallest absolute Gasteiger partial charge is 0.100 e. The van der Waals surface area contributed by atoms with Gasteiger partial charge in [-0.2, -0.15) is 0 Å². The molecule has 0 amide bonds. The molecule has 21 heavy (non-hydrogen) atoms. The second-order valence-electron chi connectivity index (χ2n) is 5.38. The number of pyridine rings is 1. The van der Waals surface area contributed by atoms with Crippen LogP contribution in [0.15, 0.2) is 36.5 Å². The number of hydrogen-bond acceptors (Lipinski definition) is 4. The van der Waals surface area contributed by atoms with Crippen molar-refractivity contribution in [3.8, 4) is 0 Å². The van der Waals surface area contributed by atoms with Gasteiger partial charge >= 0.3 is 0 Å². The molecule has 3 rings (SSSR count). The number of nitrogens with one attached hydrogen (secondary N) is 1. The van der Waals surface area contributed by atoms with Crippen LogP contribution in [0.5, 0.6) is 0 Å². The van der Waals surface area contributed by atoms with Gasteiger partial charge in [-0.05, 0) is 30.7 Å². The molecule has 1 aromatic heterocycles. The number of fused-ring (bicyclic) bond motifs is 1. The minimum Gasteiger partial charge on any atom is -0.376 e. The standard InChI is InChI=1S/C17H22N2O2/c1-2-7-18-17(16-12-20-8-9-21-16)14-10-13-5-3-4-6-15(13)19-11-14/h3-6,10-11,16-18H,2,7-9,12H2,1H3. The van der Waals surface area contributed by atoms with E-state index in [1.165, 1.54) is 0 Å². The highest BCUT2D eigenvalue weighted by Crippen LogP contribution is 2.24. The van der Waals surface area contributed by atoms with Crippen molar-refractivity contribution in [2.75, 3.05) is 26.4 Å². The SMILES string of the molecule is CCCNC(c1cnc2ccccc2c1)C1COCCO1. The zero-order valence-corrected chi connectivity index (χ0v) is 12.4. The largest absolute Gasteiger partial charge is 0.376 e. The first kappa shape index (κ1) is 14.4. The van der Waals surface area contributed by atoms with Crippen LogP contribution in [0.3, 0.4) is 0 Å². The maximum Gasteiger partial charge on any atom is 0.100 e. The Kier molecular flexibility index (Phi) is 4.80. The van der Waals surface area contributed by atoms with Crippen molar-refractivity contribution in [3.63, 3.8) is 0 Å². The van der Waals surface area contributed by atoms with Crippen LogP contribution in [0, 0.1) is 0 Å². The van der Waals surface area contributed by atoms with E-state index >= 15 is 0 Å². The molecule has 0 saturated carbocycles.